The lowest BCUT2D eigenvalue weighted by molar-refractivity contribution is -0.123. The van der Waals surface area contributed by atoms with Crippen LogP contribution in [0, 0.1) is 13.8 Å². The quantitative estimate of drug-likeness (QED) is 0.706. The summed E-state index contributed by atoms with van der Waals surface area (Å²) < 4.78 is 7.74. The molecule has 1 N–H and O–H groups in total. The Labute approximate surface area is 177 Å². The van der Waals surface area contributed by atoms with Crippen LogP contribution in [-0.2, 0) is 11.3 Å². The van der Waals surface area contributed by atoms with Gasteiger partial charge in [0, 0.05) is 29.9 Å². The number of aromatic nitrogens is 2. The van der Waals surface area contributed by atoms with Crippen LogP contribution in [0.3, 0.4) is 0 Å². The van der Waals surface area contributed by atoms with Gasteiger partial charge in [-0.05, 0) is 38.5 Å². The number of carbonyl (C=O) groups excluding carboxylic acids is 1. The van der Waals surface area contributed by atoms with E-state index < -0.39 is 0 Å². The van der Waals surface area contributed by atoms with E-state index in [-0.39, 0.29) is 11.9 Å². The Hall–Kier alpha value is -3.12. The van der Waals surface area contributed by atoms with Crippen molar-refractivity contribution in [1.82, 2.24) is 20.0 Å². The minimum Gasteiger partial charge on any atom is -0.492 e. The van der Waals surface area contributed by atoms with E-state index in [1.807, 2.05) is 55.1 Å². The second-order valence-corrected chi connectivity index (χ2v) is 7.84. The highest BCUT2D eigenvalue weighted by Gasteiger charge is 2.20. The smallest absolute Gasteiger partial charge is 0.234 e. The Balaban J connectivity index is 1.41. The normalized spacial score (nSPS) is 15.0. The minimum absolute atomic E-state index is 0.00456. The summed E-state index contributed by atoms with van der Waals surface area (Å²) in [5, 5.41) is 7.70. The summed E-state index contributed by atoms with van der Waals surface area (Å²) >= 11 is 0. The number of hydrogen-bond acceptors (Lipinski definition) is 4. The molecule has 1 amide bonds. The van der Waals surface area contributed by atoms with Crippen molar-refractivity contribution in [3.8, 4) is 11.4 Å². The first-order valence-corrected chi connectivity index (χ1v) is 10.4. The molecular weight excluding hydrogens is 376 g/mol. The Morgan fingerprint density at radius 2 is 1.93 bits per heavy atom. The zero-order valence-corrected chi connectivity index (χ0v) is 17.8. The summed E-state index contributed by atoms with van der Waals surface area (Å²) in [6.45, 7) is 8.48. The summed E-state index contributed by atoms with van der Waals surface area (Å²) in [5.74, 6) is 0.915. The van der Waals surface area contributed by atoms with Crippen molar-refractivity contribution in [2.45, 2.75) is 33.4 Å². The van der Waals surface area contributed by atoms with Gasteiger partial charge in [0.25, 0.3) is 0 Å². The lowest BCUT2D eigenvalue weighted by atomic mass is 10.1. The average molecular weight is 405 g/mol. The molecule has 0 saturated carbocycles. The Morgan fingerprint density at radius 1 is 1.17 bits per heavy atom. The van der Waals surface area contributed by atoms with E-state index in [0.29, 0.717) is 19.7 Å². The van der Waals surface area contributed by atoms with Crippen molar-refractivity contribution in [2.24, 2.45) is 0 Å². The molecule has 0 saturated heterocycles. The van der Waals surface area contributed by atoms with Crippen molar-refractivity contribution in [3.63, 3.8) is 0 Å². The Kier molecular flexibility index (Phi) is 5.86. The number of rotatable bonds is 5. The van der Waals surface area contributed by atoms with Crippen molar-refractivity contribution >= 4 is 5.91 Å². The molecule has 0 fully saturated rings. The van der Waals surface area contributed by atoms with Crippen LogP contribution in [0.15, 0.2) is 54.7 Å². The molecule has 1 unspecified atom stereocenters. The van der Waals surface area contributed by atoms with Crippen LogP contribution in [0.5, 0.6) is 5.75 Å². The molecule has 2 heterocycles. The van der Waals surface area contributed by atoms with Gasteiger partial charge in [-0.2, -0.15) is 5.10 Å². The number of aryl methyl sites for hydroxylation is 1. The highest BCUT2D eigenvalue weighted by molar-refractivity contribution is 5.78. The second-order valence-electron chi connectivity index (χ2n) is 7.84. The number of carbonyl (C=O) groups is 1. The molecule has 1 atom stereocenters. The second kappa shape index (κ2) is 8.71. The number of fused-ring (bicyclic) bond motifs is 1. The molecule has 4 rings (SSSR count). The van der Waals surface area contributed by atoms with Gasteiger partial charge in [0.1, 0.15) is 12.4 Å². The predicted octanol–water partition coefficient (Wildman–Crippen LogP) is 3.56. The largest absolute Gasteiger partial charge is 0.492 e. The molecule has 6 nitrogen and oxygen atoms in total. The van der Waals surface area contributed by atoms with Crippen LogP contribution in [0.2, 0.25) is 0 Å². The topological polar surface area (TPSA) is 59.4 Å². The molecule has 0 bridgehead atoms. The number of nitrogens with zero attached hydrogens (tertiary/aromatic N) is 3. The first-order chi connectivity index (χ1) is 14.5. The third-order valence-electron chi connectivity index (χ3n) is 5.63. The number of nitrogens with one attached hydrogen (secondary N) is 1. The molecule has 156 valence electrons. The van der Waals surface area contributed by atoms with Gasteiger partial charge in [-0.1, -0.05) is 36.4 Å². The van der Waals surface area contributed by atoms with E-state index in [9.17, 15) is 4.79 Å². The number of ether oxygens (including phenoxy) is 1. The van der Waals surface area contributed by atoms with Crippen LogP contribution in [0.1, 0.15) is 35.3 Å². The van der Waals surface area contributed by atoms with Crippen molar-refractivity contribution in [2.75, 3.05) is 19.7 Å². The zero-order valence-electron chi connectivity index (χ0n) is 17.8. The van der Waals surface area contributed by atoms with Gasteiger partial charge in [-0.15, -0.1) is 0 Å². The number of para-hydroxylation sites is 2. The monoisotopic (exact) mass is 404 g/mol. The van der Waals surface area contributed by atoms with E-state index in [1.165, 1.54) is 0 Å². The van der Waals surface area contributed by atoms with Crippen LogP contribution in [0.25, 0.3) is 5.69 Å². The average Bonchev–Trinajstić information content (AvgIpc) is 2.98. The zero-order chi connectivity index (χ0) is 21.1. The molecule has 0 spiro atoms. The molecule has 6 heteroatoms. The van der Waals surface area contributed by atoms with Crippen LogP contribution in [0.4, 0.5) is 0 Å². The molecular formula is C24H28N4O2. The molecule has 1 aliphatic heterocycles. The van der Waals surface area contributed by atoms with Gasteiger partial charge >= 0.3 is 0 Å². The standard InChI is InChI=1S/C24H28N4O2/c1-17-8-4-6-10-22(17)28-19(3)21(14-25-28)18(2)26-24(29)16-27-12-13-30-23-11-7-5-9-20(23)15-27/h4-11,14,18H,12-13,15-16H2,1-3H3,(H,26,29). The molecule has 1 aliphatic rings. The maximum absolute atomic E-state index is 12.7. The van der Waals surface area contributed by atoms with E-state index in [2.05, 4.69) is 40.4 Å². The molecule has 30 heavy (non-hydrogen) atoms. The van der Waals surface area contributed by atoms with E-state index >= 15 is 0 Å². The van der Waals surface area contributed by atoms with Gasteiger partial charge in [0.2, 0.25) is 5.91 Å². The first kappa shape index (κ1) is 20.2. The van der Waals surface area contributed by atoms with Crippen molar-refractivity contribution < 1.29 is 9.53 Å². The summed E-state index contributed by atoms with van der Waals surface area (Å²) in [6.07, 6.45) is 1.85. The van der Waals surface area contributed by atoms with E-state index in [4.69, 9.17) is 4.74 Å². The van der Waals surface area contributed by atoms with E-state index in [1.54, 1.807) is 0 Å². The SMILES string of the molecule is Cc1ccccc1-n1ncc(C(C)NC(=O)CN2CCOc3ccccc3C2)c1C. The third kappa shape index (κ3) is 4.24. The van der Waals surface area contributed by atoms with E-state index in [0.717, 1.165) is 40.4 Å². The minimum atomic E-state index is -0.120. The van der Waals surface area contributed by atoms with Crippen molar-refractivity contribution in [1.29, 1.82) is 0 Å². The molecule has 1 aromatic heterocycles. The highest BCUT2D eigenvalue weighted by Crippen LogP contribution is 2.23. The first-order valence-electron chi connectivity index (χ1n) is 10.4. The predicted molar refractivity (Wildman–Crippen MR) is 117 cm³/mol. The van der Waals surface area contributed by atoms with Gasteiger partial charge in [-0.3, -0.25) is 9.69 Å². The molecule has 0 radical (unpaired) electrons. The number of amides is 1. The summed E-state index contributed by atoms with van der Waals surface area (Å²) in [4.78, 5) is 14.9. The lowest BCUT2D eigenvalue weighted by Gasteiger charge is -2.21. The van der Waals surface area contributed by atoms with Crippen LogP contribution < -0.4 is 10.1 Å². The lowest BCUT2D eigenvalue weighted by Crippen LogP contribution is -2.39. The number of benzene rings is 2. The Morgan fingerprint density at radius 3 is 2.77 bits per heavy atom. The third-order valence-corrected chi connectivity index (χ3v) is 5.63. The fourth-order valence-electron chi connectivity index (χ4n) is 3.97. The van der Waals surface area contributed by atoms with Gasteiger partial charge < -0.3 is 10.1 Å². The highest BCUT2D eigenvalue weighted by atomic mass is 16.5. The Bertz CT molecular complexity index is 1040. The maximum Gasteiger partial charge on any atom is 0.234 e. The molecule has 2 aromatic carbocycles. The van der Waals surface area contributed by atoms with Gasteiger partial charge in [0.15, 0.2) is 0 Å². The van der Waals surface area contributed by atoms with Gasteiger partial charge in [-0.25, -0.2) is 4.68 Å². The molecule has 3 aromatic rings. The summed E-state index contributed by atoms with van der Waals surface area (Å²) in [7, 11) is 0. The molecule has 0 aliphatic carbocycles. The summed E-state index contributed by atoms with van der Waals surface area (Å²) in [5.41, 5.74) is 5.40. The van der Waals surface area contributed by atoms with Crippen LogP contribution >= 0.6 is 0 Å². The van der Waals surface area contributed by atoms with Gasteiger partial charge in [0.05, 0.1) is 24.5 Å². The fourth-order valence-corrected chi connectivity index (χ4v) is 3.97. The fraction of sp³-hybridized carbons (Fsp3) is 0.333. The number of hydrogen-bond donors (Lipinski definition) is 1. The van der Waals surface area contributed by atoms with Crippen molar-refractivity contribution in [3.05, 3.63) is 77.1 Å². The van der Waals surface area contributed by atoms with Crippen LogP contribution in [-0.4, -0.2) is 40.3 Å². The summed E-state index contributed by atoms with van der Waals surface area (Å²) in [6, 6.07) is 16.1. The maximum atomic E-state index is 12.7.